The zero-order valence-corrected chi connectivity index (χ0v) is 12.2. The molecule has 8 heteroatoms. The van der Waals surface area contributed by atoms with Gasteiger partial charge in [0.15, 0.2) is 0 Å². The van der Waals surface area contributed by atoms with Crippen LogP contribution in [0.5, 0.6) is 0 Å². The summed E-state index contributed by atoms with van der Waals surface area (Å²) in [5, 5.41) is 45.7. The van der Waals surface area contributed by atoms with Crippen LogP contribution in [-0.2, 0) is 9.59 Å². The molecule has 0 saturated heterocycles. The fraction of sp³-hybridized carbons (Fsp3) is 0.857. The maximum atomic E-state index is 11.0. The minimum Gasteiger partial charge on any atom is -0.481 e. The normalized spacial score (nSPS) is 39.7. The summed E-state index contributed by atoms with van der Waals surface area (Å²) in [7, 11) is 0. The molecular formula is C14H22N2O6. The van der Waals surface area contributed by atoms with E-state index in [0.29, 0.717) is 25.7 Å². The Morgan fingerprint density at radius 1 is 0.727 bits per heavy atom. The molecule has 2 fully saturated rings. The second-order valence-electron chi connectivity index (χ2n) is 6.19. The van der Waals surface area contributed by atoms with Crippen molar-refractivity contribution in [1.82, 2.24) is 0 Å². The highest BCUT2D eigenvalue weighted by molar-refractivity contribution is 5.71. The summed E-state index contributed by atoms with van der Waals surface area (Å²) in [5.74, 6) is -3.70. The van der Waals surface area contributed by atoms with Crippen LogP contribution in [0, 0.1) is 11.8 Å². The Morgan fingerprint density at radius 3 is 1.41 bits per heavy atom. The molecule has 2 saturated carbocycles. The second-order valence-corrected chi connectivity index (χ2v) is 6.19. The van der Waals surface area contributed by atoms with Gasteiger partial charge in [-0.2, -0.15) is 10.2 Å². The van der Waals surface area contributed by atoms with Crippen molar-refractivity contribution in [3.8, 4) is 0 Å². The number of nitrogens with zero attached hydrogens (tertiary/aromatic N) is 2. The van der Waals surface area contributed by atoms with Gasteiger partial charge in [-0.3, -0.25) is 9.59 Å². The monoisotopic (exact) mass is 314 g/mol. The van der Waals surface area contributed by atoms with Crippen LogP contribution < -0.4 is 0 Å². The molecule has 2 rings (SSSR count). The van der Waals surface area contributed by atoms with E-state index in [1.807, 2.05) is 0 Å². The van der Waals surface area contributed by atoms with Crippen molar-refractivity contribution < 1.29 is 30.0 Å². The van der Waals surface area contributed by atoms with Crippen molar-refractivity contribution >= 4 is 11.9 Å². The number of hydrogen-bond donors (Lipinski definition) is 4. The fourth-order valence-corrected chi connectivity index (χ4v) is 3.19. The van der Waals surface area contributed by atoms with E-state index in [1.165, 1.54) is 0 Å². The molecule has 2 aliphatic rings. The Morgan fingerprint density at radius 2 is 1.09 bits per heavy atom. The largest absolute Gasteiger partial charge is 0.481 e. The predicted molar refractivity (Wildman–Crippen MR) is 74.4 cm³/mol. The fourth-order valence-electron chi connectivity index (χ4n) is 3.19. The van der Waals surface area contributed by atoms with E-state index in [2.05, 4.69) is 10.2 Å². The molecule has 6 atom stereocenters. The van der Waals surface area contributed by atoms with Crippen molar-refractivity contribution in [2.24, 2.45) is 22.1 Å². The number of aliphatic hydroxyl groups is 2. The highest BCUT2D eigenvalue weighted by Crippen LogP contribution is 2.30. The molecule has 8 nitrogen and oxygen atoms in total. The quantitative estimate of drug-likeness (QED) is 0.562. The third-order valence-electron chi connectivity index (χ3n) is 4.60. The maximum absolute atomic E-state index is 11.0. The van der Waals surface area contributed by atoms with E-state index >= 15 is 0 Å². The number of aliphatic carboxylic acids is 2. The van der Waals surface area contributed by atoms with Crippen molar-refractivity contribution in [2.45, 2.75) is 62.8 Å². The number of carboxylic acids is 2. The van der Waals surface area contributed by atoms with Gasteiger partial charge >= 0.3 is 11.9 Å². The first kappa shape index (κ1) is 16.8. The third kappa shape index (κ3) is 4.01. The van der Waals surface area contributed by atoms with Crippen LogP contribution in [0.2, 0.25) is 0 Å². The number of carboxylic acid groups (broad SMARTS) is 2. The van der Waals surface area contributed by atoms with Crippen LogP contribution in [0.15, 0.2) is 10.2 Å². The topological polar surface area (TPSA) is 140 Å². The first-order chi connectivity index (χ1) is 10.4. The molecule has 124 valence electrons. The zero-order chi connectivity index (χ0) is 16.3. The first-order valence-corrected chi connectivity index (χ1v) is 7.60. The molecule has 2 aliphatic carbocycles. The second kappa shape index (κ2) is 7.15. The van der Waals surface area contributed by atoms with E-state index < -0.39 is 36.0 Å². The summed E-state index contributed by atoms with van der Waals surface area (Å²) in [5.41, 5.74) is 0. The van der Waals surface area contributed by atoms with Gasteiger partial charge < -0.3 is 20.4 Å². The average Bonchev–Trinajstić information content (AvgIpc) is 2.47. The highest BCUT2D eigenvalue weighted by Gasteiger charge is 2.36. The van der Waals surface area contributed by atoms with E-state index in [0.717, 1.165) is 0 Å². The molecule has 6 unspecified atom stereocenters. The van der Waals surface area contributed by atoms with Gasteiger partial charge in [-0.25, -0.2) is 0 Å². The lowest BCUT2D eigenvalue weighted by atomic mass is 9.83. The molecular weight excluding hydrogens is 292 g/mol. The van der Waals surface area contributed by atoms with E-state index in [4.69, 9.17) is 10.2 Å². The third-order valence-corrected chi connectivity index (χ3v) is 4.60. The highest BCUT2D eigenvalue weighted by atomic mass is 16.4. The number of carbonyl (C=O) groups is 2. The van der Waals surface area contributed by atoms with Gasteiger partial charge in [-0.1, -0.05) is 0 Å². The Hall–Kier alpha value is -1.54. The Bertz CT molecular complexity index is 415. The van der Waals surface area contributed by atoms with Crippen LogP contribution in [0.25, 0.3) is 0 Å². The maximum Gasteiger partial charge on any atom is 0.309 e. The van der Waals surface area contributed by atoms with Gasteiger partial charge in [0.05, 0.1) is 36.1 Å². The van der Waals surface area contributed by atoms with Gasteiger partial charge in [-0.05, 0) is 38.5 Å². The summed E-state index contributed by atoms with van der Waals surface area (Å²) in [6, 6.07) is -0.501. The lowest BCUT2D eigenvalue weighted by Crippen LogP contribution is -2.37. The SMILES string of the molecule is O=C(O)C1CC(N=NC2CCC(O)C(C(=O)O)C2)CCC1O. The van der Waals surface area contributed by atoms with Gasteiger partial charge in [-0.15, -0.1) is 0 Å². The first-order valence-electron chi connectivity index (χ1n) is 7.60. The molecule has 0 aliphatic heterocycles. The lowest BCUT2D eigenvalue weighted by molar-refractivity contribution is -0.149. The molecule has 0 bridgehead atoms. The average molecular weight is 314 g/mol. The van der Waals surface area contributed by atoms with Crippen molar-refractivity contribution in [2.75, 3.05) is 0 Å². The van der Waals surface area contributed by atoms with Gasteiger partial charge in [0, 0.05) is 0 Å². The van der Waals surface area contributed by atoms with Crippen LogP contribution in [-0.4, -0.2) is 56.7 Å². The molecule has 0 aromatic rings. The van der Waals surface area contributed by atoms with Crippen LogP contribution in [0.4, 0.5) is 0 Å². The molecule has 0 spiro atoms. The summed E-state index contributed by atoms with van der Waals surface area (Å²) < 4.78 is 0. The number of aliphatic hydroxyl groups excluding tert-OH is 2. The van der Waals surface area contributed by atoms with Gasteiger partial charge in [0.2, 0.25) is 0 Å². The van der Waals surface area contributed by atoms with Gasteiger partial charge in [0.25, 0.3) is 0 Å². The van der Waals surface area contributed by atoms with Crippen LogP contribution in [0.1, 0.15) is 38.5 Å². The van der Waals surface area contributed by atoms with E-state index in [9.17, 15) is 19.8 Å². The zero-order valence-electron chi connectivity index (χ0n) is 12.2. The summed E-state index contributed by atoms with van der Waals surface area (Å²) in [4.78, 5) is 22.1. The van der Waals surface area contributed by atoms with E-state index in [1.54, 1.807) is 0 Å². The molecule has 4 N–H and O–H groups in total. The number of hydrogen-bond acceptors (Lipinski definition) is 6. The van der Waals surface area contributed by atoms with Gasteiger partial charge in [0.1, 0.15) is 0 Å². The number of rotatable bonds is 4. The Labute approximate surface area is 127 Å². The van der Waals surface area contributed by atoms with Crippen LogP contribution in [0.3, 0.4) is 0 Å². The minimum absolute atomic E-state index is 0.248. The van der Waals surface area contributed by atoms with Crippen LogP contribution >= 0.6 is 0 Å². The Balaban J connectivity index is 1.91. The smallest absolute Gasteiger partial charge is 0.309 e. The minimum atomic E-state index is -1.03. The van der Waals surface area contributed by atoms with Crippen molar-refractivity contribution in [1.29, 1.82) is 0 Å². The lowest BCUT2D eigenvalue weighted by Gasteiger charge is -2.30. The Kier molecular flexibility index (Phi) is 5.47. The summed E-state index contributed by atoms with van der Waals surface area (Å²) in [6.45, 7) is 0. The van der Waals surface area contributed by atoms with Crippen molar-refractivity contribution in [3.05, 3.63) is 0 Å². The van der Waals surface area contributed by atoms with E-state index in [-0.39, 0.29) is 24.9 Å². The van der Waals surface area contributed by atoms with Crippen molar-refractivity contribution in [3.63, 3.8) is 0 Å². The summed E-state index contributed by atoms with van der Waals surface area (Å²) in [6.07, 6.45) is 0.715. The molecule has 0 aromatic heterocycles. The number of azo groups is 1. The molecule has 0 heterocycles. The molecule has 0 amide bonds. The summed E-state index contributed by atoms with van der Waals surface area (Å²) >= 11 is 0. The molecule has 0 aromatic carbocycles. The molecule has 22 heavy (non-hydrogen) atoms. The molecule has 0 radical (unpaired) electrons. The predicted octanol–water partition coefficient (Wildman–Crippen LogP) is 0.667. The standard InChI is InChI=1S/C14H22N2O6/c17-11-3-1-7(5-9(11)13(19)20)15-16-8-2-4-12(18)10(6-8)14(21)22/h7-12,17-18H,1-6H2,(H,19,20)(H,21,22).